The van der Waals surface area contributed by atoms with E-state index in [1.54, 1.807) is 6.08 Å². The molecule has 3 aliphatic heterocycles. The Morgan fingerprint density at radius 3 is 2.33 bits per heavy atom. The van der Waals surface area contributed by atoms with Gasteiger partial charge in [0, 0.05) is 6.42 Å². The van der Waals surface area contributed by atoms with Gasteiger partial charge >= 0.3 is 11.9 Å². The Morgan fingerprint density at radius 1 is 1.10 bits per heavy atom. The van der Waals surface area contributed by atoms with Crippen molar-refractivity contribution in [2.75, 3.05) is 26.4 Å². The van der Waals surface area contributed by atoms with Crippen molar-refractivity contribution in [1.29, 1.82) is 0 Å². The third kappa shape index (κ3) is 3.03. The topological polar surface area (TPSA) is 90.2 Å². The largest absolute Gasteiger partial charge is 0.483 e. The van der Waals surface area contributed by atoms with Crippen molar-refractivity contribution in [2.24, 2.45) is 11.8 Å². The summed E-state index contributed by atoms with van der Waals surface area (Å²) in [5.74, 6) is -1.22. The van der Waals surface area contributed by atoms with E-state index in [2.05, 4.69) is 0 Å². The molecule has 7 nitrogen and oxygen atoms in total. The van der Waals surface area contributed by atoms with E-state index in [4.69, 9.17) is 23.7 Å². The first-order valence-electron chi connectivity index (χ1n) is 7.15. The highest BCUT2D eigenvalue weighted by molar-refractivity contribution is 5.84. The van der Waals surface area contributed by atoms with Gasteiger partial charge in [-0.1, -0.05) is 0 Å². The van der Waals surface area contributed by atoms with Crippen molar-refractivity contribution in [1.82, 2.24) is 0 Å². The van der Waals surface area contributed by atoms with Gasteiger partial charge in [0.1, 0.15) is 31.2 Å². The van der Waals surface area contributed by atoms with Crippen LogP contribution in [0.3, 0.4) is 0 Å². The molecule has 0 N–H and O–H groups in total. The van der Waals surface area contributed by atoms with Gasteiger partial charge in [0.15, 0.2) is 6.10 Å². The van der Waals surface area contributed by atoms with E-state index in [1.165, 1.54) is 0 Å². The van der Waals surface area contributed by atoms with Gasteiger partial charge in [-0.25, -0.2) is 0 Å². The van der Waals surface area contributed by atoms with Crippen molar-refractivity contribution in [3.63, 3.8) is 0 Å². The number of rotatable bonds is 6. The Labute approximate surface area is 121 Å². The minimum atomic E-state index is -0.634. The van der Waals surface area contributed by atoms with E-state index in [-0.39, 0.29) is 37.5 Å². The van der Waals surface area contributed by atoms with Crippen molar-refractivity contribution in [3.8, 4) is 0 Å². The summed E-state index contributed by atoms with van der Waals surface area (Å²) in [5, 5.41) is 0. The molecular formula is C14H16O7. The lowest BCUT2D eigenvalue weighted by molar-refractivity contribution is -0.160. The highest BCUT2D eigenvalue weighted by atomic mass is 16.6. The van der Waals surface area contributed by atoms with Crippen molar-refractivity contribution in [2.45, 2.75) is 24.7 Å². The zero-order chi connectivity index (χ0) is 14.4. The molecule has 114 valence electrons. The average molecular weight is 296 g/mol. The zero-order valence-corrected chi connectivity index (χ0v) is 11.4. The van der Waals surface area contributed by atoms with Crippen LogP contribution in [-0.4, -0.2) is 56.7 Å². The second-order valence-electron chi connectivity index (χ2n) is 5.71. The maximum absolute atomic E-state index is 12.2. The molecule has 1 aliphatic carbocycles. The third-order valence-electron chi connectivity index (χ3n) is 3.99. The van der Waals surface area contributed by atoms with E-state index >= 15 is 0 Å². The molecule has 4 aliphatic rings. The van der Waals surface area contributed by atoms with Crippen LogP contribution in [0.25, 0.3) is 0 Å². The van der Waals surface area contributed by atoms with Gasteiger partial charge in [-0.05, 0) is 6.08 Å². The summed E-state index contributed by atoms with van der Waals surface area (Å²) >= 11 is 0. The van der Waals surface area contributed by atoms with Crippen molar-refractivity contribution in [3.05, 3.63) is 11.8 Å². The molecule has 0 radical (unpaired) electrons. The van der Waals surface area contributed by atoms with Crippen LogP contribution in [0.15, 0.2) is 11.8 Å². The number of carbonyl (C=O) groups excluding carboxylic acids is 2. The standard InChI is InChI=1S/C14H16O7/c15-13(19-5-7-3-17-7)9-1-11-12(21-11)2-10(9)14(16)20-6-8-4-18-8/h1,7-10,12H,2-6H2/t7-,8-,9-,10+,12+/m0/s1. The summed E-state index contributed by atoms with van der Waals surface area (Å²) in [7, 11) is 0. The van der Waals surface area contributed by atoms with Crippen LogP contribution in [0.1, 0.15) is 6.42 Å². The van der Waals surface area contributed by atoms with Crippen LogP contribution < -0.4 is 0 Å². The van der Waals surface area contributed by atoms with Crippen LogP contribution in [0.4, 0.5) is 0 Å². The quantitative estimate of drug-likeness (QED) is 0.495. The van der Waals surface area contributed by atoms with Crippen molar-refractivity contribution < 1.29 is 33.3 Å². The first-order valence-corrected chi connectivity index (χ1v) is 7.15. The Bertz CT molecular complexity index is 492. The fourth-order valence-electron chi connectivity index (χ4n) is 2.47. The smallest absolute Gasteiger partial charge is 0.313 e. The monoisotopic (exact) mass is 296 g/mol. The summed E-state index contributed by atoms with van der Waals surface area (Å²) in [4.78, 5) is 24.3. The van der Waals surface area contributed by atoms with E-state index < -0.39 is 17.8 Å². The molecule has 0 aromatic heterocycles. The van der Waals surface area contributed by atoms with E-state index in [0.29, 0.717) is 19.6 Å². The maximum Gasteiger partial charge on any atom is 0.313 e. The first kappa shape index (κ1) is 13.1. The van der Waals surface area contributed by atoms with Crippen LogP contribution in [-0.2, 0) is 33.3 Å². The molecule has 0 spiro atoms. The Balaban J connectivity index is 1.38. The van der Waals surface area contributed by atoms with E-state index in [9.17, 15) is 9.59 Å². The molecule has 0 aromatic rings. The van der Waals surface area contributed by atoms with Crippen LogP contribution in [0.2, 0.25) is 0 Å². The molecule has 0 saturated carbocycles. The van der Waals surface area contributed by atoms with Gasteiger partial charge in [0.05, 0.1) is 25.0 Å². The number of carbonyl (C=O) groups is 2. The van der Waals surface area contributed by atoms with Gasteiger partial charge in [-0.3, -0.25) is 9.59 Å². The number of hydrogen-bond acceptors (Lipinski definition) is 7. The Kier molecular flexibility index (Phi) is 3.11. The lowest BCUT2D eigenvalue weighted by atomic mass is 9.84. The molecule has 0 unspecified atom stereocenters. The summed E-state index contributed by atoms with van der Waals surface area (Å²) in [6, 6.07) is 0. The Hall–Kier alpha value is -1.60. The minimum Gasteiger partial charge on any atom is -0.483 e. The molecule has 7 heteroatoms. The normalized spacial score (nSPS) is 38.5. The molecular weight excluding hydrogens is 280 g/mol. The first-order chi connectivity index (χ1) is 10.2. The second kappa shape index (κ2) is 4.99. The van der Waals surface area contributed by atoms with Crippen LogP contribution >= 0.6 is 0 Å². The summed E-state index contributed by atoms with van der Waals surface area (Å²) in [6.45, 7) is 1.73. The number of ether oxygens (including phenoxy) is 5. The maximum atomic E-state index is 12.2. The van der Waals surface area contributed by atoms with Gasteiger partial charge in [-0.15, -0.1) is 0 Å². The van der Waals surface area contributed by atoms with Gasteiger partial charge in [-0.2, -0.15) is 0 Å². The molecule has 3 saturated heterocycles. The predicted molar refractivity (Wildman–Crippen MR) is 66.0 cm³/mol. The highest BCUT2D eigenvalue weighted by Gasteiger charge is 2.49. The number of esters is 2. The number of hydrogen-bond donors (Lipinski definition) is 0. The summed E-state index contributed by atoms with van der Waals surface area (Å²) in [6.07, 6.45) is 2.13. The van der Waals surface area contributed by atoms with Crippen molar-refractivity contribution >= 4 is 11.9 Å². The molecule has 0 amide bonds. The molecule has 0 bridgehead atoms. The summed E-state index contributed by atoms with van der Waals surface area (Å²) < 4.78 is 25.7. The molecule has 21 heavy (non-hydrogen) atoms. The molecule has 0 aromatic carbocycles. The lowest BCUT2D eigenvalue weighted by Crippen LogP contribution is -2.35. The van der Waals surface area contributed by atoms with E-state index in [1.807, 2.05) is 0 Å². The fraction of sp³-hybridized carbons (Fsp3) is 0.714. The molecule has 4 rings (SSSR count). The SMILES string of the molecule is O=C(OC[C@@H]1CO1)[C@H]1C=C2O[C@@H]2C[C@H]1C(=O)OC[C@@H]1CO1. The highest BCUT2D eigenvalue weighted by Crippen LogP contribution is 2.42. The number of epoxide rings is 3. The van der Waals surface area contributed by atoms with E-state index in [0.717, 1.165) is 5.76 Å². The lowest BCUT2D eigenvalue weighted by Gasteiger charge is -2.22. The van der Waals surface area contributed by atoms with Crippen LogP contribution in [0, 0.1) is 11.8 Å². The van der Waals surface area contributed by atoms with Crippen LogP contribution in [0.5, 0.6) is 0 Å². The minimum absolute atomic E-state index is 0.00698. The molecule has 3 fully saturated rings. The van der Waals surface area contributed by atoms with Gasteiger partial charge in [0.25, 0.3) is 0 Å². The van der Waals surface area contributed by atoms with Gasteiger partial charge < -0.3 is 23.7 Å². The predicted octanol–water partition coefficient (Wildman–Crippen LogP) is -0.211. The third-order valence-corrected chi connectivity index (χ3v) is 3.99. The zero-order valence-electron chi connectivity index (χ0n) is 11.4. The fourth-order valence-corrected chi connectivity index (χ4v) is 2.47. The second-order valence-corrected chi connectivity index (χ2v) is 5.71. The summed E-state index contributed by atoms with van der Waals surface area (Å²) in [5.41, 5.74) is 0. The molecule has 5 atom stereocenters. The van der Waals surface area contributed by atoms with Gasteiger partial charge in [0.2, 0.25) is 0 Å². The molecule has 3 heterocycles. The average Bonchev–Trinajstić information content (AvgIpc) is 3.37. The number of fused-ring (bicyclic) bond motifs is 1. The Morgan fingerprint density at radius 2 is 1.71 bits per heavy atom.